The van der Waals surface area contributed by atoms with Gasteiger partial charge in [-0.15, -0.1) is 0 Å². The molecule has 0 radical (unpaired) electrons. The topological polar surface area (TPSA) is 202 Å². The van der Waals surface area contributed by atoms with E-state index in [1.54, 1.807) is 31.2 Å². The number of benzene rings is 1. The van der Waals surface area contributed by atoms with Crippen molar-refractivity contribution < 1.29 is 68.5 Å². The Labute approximate surface area is 376 Å². The number of alkyl halides is 6. The third-order valence-electron chi connectivity index (χ3n) is 13.4. The molecule has 23 heteroatoms. The first-order valence-electron chi connectivity index (χ1n) is 21.4. The molecule has 1 saturated heterocycles. The molecule has 0 unspecified atom stereocenters. The second kappa shape index (κ2) is 16.9. The highest BCUT2D eigenvalue weighted by atomic mass is 32.2. The van der Waals surface area contributed by atoms with Gasteiger partial charge < -0.3 is 24.8 Å². The van der Waals surface area contributed by atoms with E-state index >= 15 is 4.79 Å². The molecule has 7 atom stereocenters. The summed E-state index contributed by atoms with van der Waals surface area (Å²) in [6.07, 6.45) is -7.67. The van der Waals surface area contributed by atoms with Gasteiger partial charge in [0, 0.05) is 36.1 Å². The summed E-state index contributed by atoms with van der Waals surface area (Å²) in [6, 6.07) is 2.91. The minimum absolute atomic E-state index is 0.0200. The molecule has 2 aliphatic carbocycles. The Morgan fingerprint density at radius 3 is 2.35 bits per heavy atom. The van der Waals surface area contributed by atoms with Crippen LogP contribution in [0.15, 0.2) is 48.7 Å². The lowest BCUT2D eigenvalue weighted by atomic mass is 9.85. The van der Waals surface area contributed by atoms with Gasteiger partial charge in [0.25, 0.3) is 5.91 Å². The van der Waals surface area contributed by atoms with E-state index in [1.807, 2.05) is 0 Å². The van der Waals surface area contributed by atoms with Crippen LogP contribution in [0.25, 0.3) is 16.7 Å². The smallest absolute Gasteiger partial charge is 0.435 e. The van der Waals surface area contributed by atoms with E-state index in [0.29, 0.717) is 50.7 Å². The number of sulfonamides is 1. The fourth-order valence-corrected chi connectivity index (χ4v) is 10.2. The maximum absolute atomic E-state index is 15.2. The molecule has 3 aromatic rings. The third-order valence-corrected chi connectivity index (χ3v) is 15.5. The molecule has 7 rings (SSSR count). The number of methoxy groups -OCH3 is 1. The highest BCUT2D eigenvalue weighted by Crippen LogP contribution is 2.48. The Bertz CT molecular complexity index is 2560. The van der Waals surface area contributed by atoms with Crippen molar-refractivity contribution in [3.63, 3.8) is 0 Å². The molecule has 4 aliphatic rings. The number of amides is 4. The first-order valence-corrected chi connectivity index (χ1v) is 22.8. The highest BCUT2D eigenvalue weighted by molar-refractivity contribution is 7.91. The Hall–Kier alpha value is -5.61. The second-order valence-corrected chi connectivity index (χ2v) is 20.8. The van der Waals surface area contributed by atoms with Crippen molar-refractivity contribution in [2.24, 2.45) is 17.8 Å². The molecule has 2 aliphatic heterocycles. The number of nitrogens with one attached hydrogen (secondary N) is 2. The van der Waals surface area contributed by atoms with Gasteiger partial charge in [0.15, 0.2) is 11.5 Å². The molecule has 4 heterocycles. The summed E-state index contributed by atoms with van der Waals surface area (Å²) in [5.41, 5.74) is -6.01. The van der Waals surface area contributed by atoms with Crippen LogP contribution in [0.1, 0.15) is 85.3 Å². The summed E-state index contributed by atoms with van der Waals surface area (Å²) < 4.78 is 125. The van der Waals surface area contributed by atoms with Crippen LogP contribution in [0.4, 0.5) is 31.1 Å². The fraction of sp³-hybridized carbons (Fsp3) is 0.581. The zero-order valence-corrected chi connectivity index (χ0v) is 37.7. The highest BCUT2D eigenvalue weighted by Gasteiger charge is 2.64. The molecule has 1 aromatic carbocycles. The van der Waals surface area contributed by atoms with Crippen molar-refractivity contribution in [2.75, 3.05) is 13.7 Å². The number of hydrogen-bond acceptors (Lipinski definition) is 10. The van der Waals surface area contributed by atoms with Gasteiger partial charge in [-0.2, -0.15) is 31.4 Å². The van der Waals surface area contributed by atoms with E-state index in [-0.39, 0.29) is 40.7 Å². The summed E-state index contributed by atoms with van der Waals surface area (Å²) >= 11 is 0. The predicted molar refractivity (Wildman–Crippen MR) is 224 cm³/mol. The van der Waals surface area contributed by atoms with Gasteiger partial charge in [0.05, 0.1) is 23.9 Å². The van der Waals surface area contributed by atoms with Crippen LogP contribution in [0.2, 0.25) is 0 Å². The van der Waals surface area contributed by atoms with Crippen molar-refractivity contribution >= 4 is 44.7 Å². The number of aromatic nitrogens is 3. The van der Waals surface area contributed by atoms with E-state index in [2.05, 4.69) is 20.1 Å². The number of allylic oxidation sites excluding steroid dienone is 1. The molecule has 66 heavy (non-hydrogen) atoms. The van der Waals surface area contributed by atoms with Crippen LogP contribution < -0.4 is 19.5 Å². The van der Waals surface area contributed by atoms with Crippen molar-refractivity contribution in [1.29, 1.82) is 0 Å². The molecule has 2 aromatic heterocycles. The van der Waals surface area contributed by atoms with E-state index in [4.69, 9.17) is 9.47 Å². The number of carboxylic acid groups (broad SMARTS) is 1. The lowest BCUT2D eigenvalue weighted by Crippen LogP contribution is -2.66. The Balaban J connectivity index is 1.32. The van der Waals surface area contributed by atoms with Gasteiger partial charge in [-0.1, -0.05) is 26.0 Å². The Morgan fingerprint density at radius 1 is 1.05 bits per heavy atom. The molecule has 16 nitrogen and oxygen atoms in total. The number of nitrogens with zero attached hydrogens (tertiary/aromatic N) is 5. The van der Waals surface area contributed by atoms with Crippen molar-refractivity contribution in [1.82, 2.24) is 34.6 Å². The second-order valence-electron chi connectivity index (χ2n) is 18.6. The van der Waals surface area contributed by atoms with Gasteiger partial charge in [0.1, 0.15) is 40.8 Å². The molecule has 0 bridgehead atoms. The largest absolute Gasteiger partial charge is 0.497 e. The zero-order chi connectivity index (χ0) is 48.5. The average Bonchev–Trinajstić information content (AvgIpc) is 3.98. The molecule has 0 spiro atoms. The lowest BCUT2D eigenvalue weighted by Gasteiger charge is -2.45. The number of ether oxygens (including phenoxy) is 2. The number of carbonyl (C=O) groups excluding carboxylic acids is 3. The maximum atomic E-state index is 15.2. The fourth-order valence-electron chi connectivity index (χ4n) is 8.87. The van der Waals surface area contributed by atoms with Gasteiger partial charge in [-0.25, -0.2) is 22.9 Å². The number of carbonyl (C=O) groups is 4. The minimum Gasteiger partial charge on any atom is -0.497 e. The summed E-state index contributed by atoms with van der Waals surface area (Å²) in [7, 11) is -2.83. The average molecular weight is 956 g/mol. The summed E-state index contributed by atoms with van der Waals surface area (Å²) in [4.78, 5) is 62.5. The van der Waals surface area contributed by atoms with Crippen LogP contribution in [-0.4, -0.2) is 116 Å². The molecule has 3 N–H and O–H groups in total. The first kappa shape index (κ1) is 48.3. The summed E-state index contributed by atoms with van der Waals surface area (Å²) in [5, 5.41) is 17.1. The number of pyridine rings is 1. The number of halogens is 6. The minimum atomic E-state index is -5.18. The van der Waals surface area contributed by atoms with Gasteiger partial charge >= 0.3 is 18.4 Å². The van der Waals surface area contributed by atoms with Crippen LogP contribution in [0, 0.1) is 17.8 Å². The van der Waals surface area contributed by atoms with Crippen molar-refractivity contribution in [3.05, 3.63) is 54.4 Å². The normalized spacial score (nSPS) is 27.7. The van der Waals surface area contributed by atoms with E-state index in [1.165, 1.54) is 33.1 Å². The van der Waals surface area contributed by atoms with Crippen molar-refractivity contribution in [3.8, 4) is 17.3 Å². The monoisotopic (exact) mass is 955 g/mol. The first-order chi connectivity index (χ1) is 30.6. The Morgan fingerprint density at radius 2 is 1.74 bits per heavy atom. The molecule has 4 amide bonds. The standard InChI is InChI=1S/C43H51F6N7O9S/c1-23-9-7-8-10-25-21-41(25,37(59)53-66(62,63)40(5)14-15-40)51-35(57)30-19-27(22-54(30)36(58)34(24(2)17-23)56(38(60)61)39(3,4)43(47,48)49)65-31-20-33(55-16-13-32(52-55)42(44,45)46)50-29-18-26(64-6)11-12-28(29)31/h8,10-13,16,18,20,23-25,27,30,34H,7,9,14-15,17,19,21-22H2,1-6H3,(H,51,57)(H,53,59)(H,60,61)/b10-8-/t23-,24-,25-,27-,30+,34+,41-/m1/s1. The van der Waals surface area contributed by atoms with E-state index in [9.17, 15) is 54.3 Å². The van der Waals surface area contributed by atoms with Crippen LogP contribution in [0.5, 0.6) is 11.5 Å². The van der Waals surface area contributed by atoms with Crippen LogP contribution >= 0.6 is 0 Å². The quantitative estimate of drug-likeness (QED) is 0.159. The summed E-state index contributed by atoms with van der Waals surface area (Å²) in [5.74, 6) is -5.05. The number of fused-ring (bicyclic) bond motifs is 3. The molecule has 360 valence electrons. The molecular weight excluding hydrogens is 905 g/mol. The number of rotatable bonds is 9. The zero-order valence-electron chi connectivity index (χ0n) is 36.9. The van der Waals surface area contributed by atoms with E-state index < -0.39 is 111 Å². The van der Waals surface area contributed by atoms with Crippen molar-refractivity contribution in [2.45, 2.75) is 126 Å². The van der Waals surface area contributed by atoms with Crippen LogP contribution in [-0.2, 0) is 30.6 Å². The third kappa shape index (κ3) is 9.10. The number of hydrogen-bond donors (Lipinski definition) is 3. The SMILES string of the molecule is COc1ccc2c(O[C@@H]3C[C@H]4C(=O)N[C@]5(C(=O)NS(=O)(=O)C6(C)CC6)C[C@H]5/C=C\CC[C@@H](C)C[C@@H](C)[C@H](N(C(=O)O)C(C)(C)C(F)(F)F)C(=O)N4C3)cc(-n3ccc(C(F)(F)F)n3)nc2c1. The van der Waals surface area contributed by atoms with Gasteiger partial charge in [-0.3, -0.25) is 24.0 Å². The maximum Gasteiger partial charge on any atom is 0.435 e. The molecule has 3 fully saturated rings. The van der Waals surface area contributed by atoms with E-state index in [0.717, 1.165) is 21.8 Å². The molecule has 2 saturated carbocycles. The Kier molecular flexibility index (Phi) is 12.4. The van der Waals surface area contributed by atoms with Gasteiger partial charge in [-0.05, 0) is 89.3 Å². The van der Waals surface area contributed by atoms with Gasteiger partial charge in [0.2, 0.25) is 21.8 Å². The molecular formula is C43H51F6N7O9S. The lowest BCUT2D eigenvalue weighted by molar-refractivity contribution is -0.222. The summed E-state index contributed by atoms with van der Waals surface area (Å²) in [6.45, 7) is 5.47. The predicted octanol–water partition coefficient (Wildman–Crippen LogP) is 6.37. The van der Waals surface area contributed by atoms with Crippen LogP contribution in [0.3, 0.4) is 0 Å².